The fourth-order valence-corrected chi connectivity index (χ4v) is 3.47. The molecule has 0 spiro atoms. The number of hydrogen-bond donors (Lipinski definition) is 2. The first-order valence-electron chi connectivity index (χ1n) is 7.27. The summed E-state index contributed by atoms with van der Waals surface area (Å²) in [5.74, 6) is 1.33. The maximum atomic E-state index is 12.1. The molecule has 0 radical (unpaired) electrons. The molecule has 0 amide bonds. The Morgan fingerprint density at radius 2 is 2.00 bits per heavy atom. The van der Waals surface area contributed by atoms with E-state index in [9.17, 15) is 4.21 Å². The molecule has 4 nitrogen and oxygen atoms in total. The maximum Gasteiger partial charge on any atom is 0.191 e. The molecule has 0 aliphatic rings. The summed E-state index contributed by atoms with van der Waals surface area (Å²) in [6, 6.07) is 13.6. The minimum Gasteiger partial charge on any atom is -0.357 e. The number of rotatable bonds is 7. The smallest absolute Gasteiger partial charge is 0.191 e. The molecule has 2 N–H and O–H groups in total. The van der Waals surface area contributed by atoms with Crippen molar-refractivity contribution in [2.45, 2.75) is 18.4 Å². The summed E-state index contributed by atoms with van der Waals surface area (Å²) in [7, 11) is -0.980. The Hall–Kier alpha value is -1.66. The van der Waals surface area contributed by atoms with Gasteiger partial charge in [-0.1, -0.05) is 24.3 Å². The van der Waals surface area contributed by atoms with Crippen molar-refractivity contribution in [2.75, 3.05) is 18.8 Å². The third-order valence-corrected chi connectivity index (χ3v) is 5.14. The average molecular weight is 335 g/mol. The van der Waals surface area contributed by atoms with Gasteiger partial charge in [-0.05, 0) is 30.5 Å². The molecule has 1 heterocycles. The van der Waals surface area contributed by atoms with E-state index in [0.717, 1.165) is 17.4 Å². The van der Waals surface area contributed by atoms with Gasteiger partial charge in [0.05, 0.1) is 17.3 Å². The van der Waals surface area contributed by atoms with E-state index in [0.29, 0.717) is 18.8 Å². The van der Waals surface area contributed by atoms with E-state index >= 15 is 0 Å². The molecule has 6 heteroatoms. The van der Waals surface area contributed by atoms with Crippen LogP contribution in [0.4, 0.5) is 0 Å². The lowest BCUT2D eigenvalue weighted by Gasteiger charge is -2.11. The van der Waals surface area contributed by atoms with E-state index in [2.05, 4.69) is 21.7 Å². The van der Waals surface area contributed by atoms with Crippen LogP contribution >= 0.6 is 11.3 Å². The fourth-order valence-electron chi connectivity index (χ4n) is 1.85. The van der Waals surface area contributed by atoms with Gasteiger partial charge in [0, 0.05) is 28.6 Å². The Balaban J connectivity index is 1.81. The Morgan fingerprint density at radius 3 is 2.68 bits per heavy atom. The predicted molar refractivity (Wildman–Crippen MR) is 94.9 cm³/mol. The monoisotopic (exact) mass is 335 g/mol. The molecule has 1 unspecified atom stereocenters. The van der Waals surface area contributed by atoms with Gasteiger partial charge in [0.1, 0.15) is 0 Å². The number of nitrogens with zero attached hydrogens (tertiary/aromatic N) is 1. The van der Waals surface area contributed by atoms with Crippen LogP contribution in [0, 0.1) is 0 Å². The van der Waals surface area contributed by atoms with Crippen molar-refractivity contribution in [3.05, 3.63) is 52.7 Å². The van der Waals surface area contributed by atoms with Gasteiger partial charge in [-0.2, -0.15) is 0 Å². The predicted octanol–water partition coefficient (Wildman–Crippen LogP) is 2.61. The normalized spacial score (nSPS) is 12.9. The molecular formula is C16H21N3OS2. The highest BCUT2D eigenvalue weighted by atomic mass is 32.2. The summed E-state index contributed by atoms with van der Waals surface area (Å²) in [6.07, 6.45) is 0. The van der Waals surface area contributed by atoms with Crippen LogP contribution in [-0.2, 0) is 17.3 Å². The molecule has 0 saturated heterocycles. The molecule has 22 heavy (non-hydrogen) atoms. The standard InChI is InChI=1S/C16H21N3OS2/c1-2-17-16(19-13-14-7-6-11-21-14)18-10-12-22(20)15-8-4-3-5-9-15/h3-9,11H,2,10,12-13H2,1H3,(H2,17,18,19). The highest BCUT2D eigenvalue weighted by Crippen LogP contribution is 2.09. The van der Waals surface area contributed by atoms with E-state index in [1.54, 1.807) is 11.3 Å². The van der Waals surface area contributed by atoms with E-state index in [1.807, 2.05) is 48.7 Å². The second-order valence-corrected chi connectivity index (χ2v) is 7.17. The lowest BCUT2D eigenvalue weighted by Crippen LogP contribution is -2.39. The number of thiophene rings is 1. The minimum absolute atomic E-state index is 0.563. The Labute approximate surface area is 138 Å². The lowest BCUT2D eigenvalue weighted by molar-refractivity contribution is 0.681. The van der Waals surface area contributed by atoms with Crippen molar-refractivity contribution < 1.29 is 4.21 Å². The van der Waals surface area contributed by atoms with Crippen molar-refractivity contribution in [1.29, 1.82) is 0 Å². The van der Waals surface area contributed by atoms with Gasteiger partial charge < -0.3 is 10.6 Å². The van der Waals surface area contributed by atoms with Gasteiger partial charge in [-0.25, -0.2) is 4.99 Å². The molecule has 1 aromatic carbocycles. The van der Waals surface area contributed by atoms with Crippen LogP contribution in [0.25, 0.3) is 0 Å². The third-order valence-electron chi connectivity index (χ3n) is 2.90. The number of benzene rings is 1. The molecule has 2 rings (SSSR count). The molecule has 0 fully saturated rings. The molecule has 118 valence electrons. The number of hydrogen-bond acceptors (Lipinski definition) is 3. The first-order valence-corrected chi connectivity index (χ1v) is 9.47. The molecule has 0 saturated carbocycles. The van der Waals surface area contributed by atoms with Gasteiger partial charge in [-0.3, -0.25) is 4.21 Å². The third kappa shape index (κ3) is 5.61. The summed E-state index contributed by atoms with van der Waals surface area (Å²) >= 11 is 1.70. The van der Waals surface area contributed by atoms with Crippen LogP contribution in [-0.4, -0.2) is 29.0 Å². The second-order valence-electron chi connectivity index (χ2n) is 4.56. The molecular weight excluding hydrogens is 314 g/mol. The van der Waals surface area contributed by atoms with Gasteiger partial charge in [0.2, 0.25) is 0 Å². The van der Waals surface area contributed by atoms with Crippen molar-refractivity contribution >= 4 is 28.1 Å². The van der Waals surface area contributed by atoms with Crippen molar-refractivity contribution in [3.63, 3.8) is 0 Å². The zero-order valence-corrected chi connectivity index (χ0v) is 14.3. The van der Waals surface area contributed by atoms with Crippen LogP contribution in [0.5, 0.6) is 0 Å². The molecule has 0 aliphatic carbocycles. The molecule has 0 bridgehead atoms. The first-order chi connectivity index (χ1) is 10.8. The SMILES string of the molecule is CCNC(=NCc1cccs1)NCCS(=O)c1ccccc1. The number of nitrogens with one attached hydrogen (secondary N) is 2. The van der Waals surface area contributed by atoms with Crippen molar-refractivity contribution in [2.24, 2.45) is 4.99 Å². The summed E-state index contributed by atoms with van der Waals surface area (Å²) in [6.45, 7) is 4.12. The maximum absolute atomic E-state index is 12.1. The fraction of sp³-hybridized carbons (Fsp3) is 0.312. The number of aliphatic imine (C=N–C) groups is 1. The van der Waals surface area contributed by atoms with E-state index in [-0.39, 0.29) is 0 Å². The van der Waals surface area contributed by atoms with Crippen LogP contribution in [0.2, 0.25) is 0 Å². The molecule has 0 aliphatic heterocycles. The summed E-state index contributed by atoms with van der Waals surface area (Å²) in [4.78, 5) is 6.62. The van der Waals surface area contributed by atoms with Gasteiger partial charge in [0.15, 0.2) is 5.96 Å². The molecule has 1 atom stereocenters. The first kappa shape index (κ1) is 16.7. The summed E-state index contributed by atoms with van der Waals surface area (Å²) in [5.41, 5.74) is 0. The highest BCUT2D eigenvalue weighted by Gasteiger charge is 2.04. The van der Waals surface area contributed by atoms with Gasteiger partial charge >= 0.3 is 0 Å². The molecule has 2 aromatic rings. The highest BCUT2D eigenvalue weighted by molar-refractivity contribution is 7.85. The Bertz CT molecular complexity index is 597. The van der Waals surface area contributed by atoms with E-state index in [4.69, 9.17) is 0 Å². The van der Waals surface area contributed by atoms with Crippen LogP contribution in [0.15, 0.2) is 57.7 Å². The summed E-state index contributed by atoms with van der Waals surface area (Å²) < 4.78 is 12.1. The quantitative estimate of drug-likeness (QED) is 0.604. The van der Waals surface area contributed by atoms with Gasteiger partial charge in [0.25, 0.3) is 0 Å². The average Bonchev–Trinajstić information content (AvgIpc) is 3.06. The van der Waals surface area contributed by atoms with Crippen LogP contribution < -0.4 is 10.6 Å². The second kappa shape index (κ2) is 9.38. The molecule has 1 aromatic heterocycles. The lowest BCUT2D eigenvalue weighted by atomic mass is 10.4. The Kier molecular flexibility index (Phi) is 7.12. The zero-order chi connectivity index (χ0) is 15.6. The summed E-state index contributed by atoms with van der Waals surface area (Å²) in [5, 5.41) is 8.49. The van der Waals surface area contributed by atoms with Crippen molar-refractivity contribution in [1.82, 2.24) is 10.6 Å². The minimum atomic E-state index is -0.980. The Morgan fingerprint density at radius 1 is 1.18 bits per heavy atom. The van der Waals surface area contributed by atoms with Crippen molar-refractivity contribution in [3.8, 4) is 0 Å². The largest absolute Gasteiger partial charge is 0.357 e. The van der Waals surface area contributed by atoms with Crippen LogP contribution in [0.3, 0.4) is 0 Å². The number of guanidine groups is 1. The van der Waals surface area contributed by atoms with Gasteiger partial charge in [-0.15, -0.1) is 11.3 Å². The van der Waals surface area contributed by atoms with Crippen LogP contribution in [0.1, 0.15) is 11.8 Å². The topological polar surface area (TPSA) is 53.5 Å². The zero-order valence-electron chi connectivity index (χ0n) is 12.6. The van der Waals surface area contributed by atoms with E-state index in [1.165, 1.54) is 4.88 Å². The van der Waals surface area contributed by atoms with E-state index < -0.39 is 10.8 Å².